The number of nitrogens with one attached hydrogen (secondary N) is 1. The smallest absolute Gasteiger partial charge is 0.412 e. The molecule has 1 heterocycles. The number of carbonyl (C=O) groups is 1. The molecular formula is C79H22N2O2. The van der Waals surface area contributed by atoms with E-state index in [1.807, 2.05) is 20.8 Å². The second kappa shape index (κ2) is 8.07. The van der Waals surface area contributed by atoms with Gasteiger partial charge in [0.05, 0.1) is 16.9 Å². The SMILES string of the molecule is CC(C)(C)OC(=O)Nc1ccc(C2N(c3ccccc3)CC34c5c6c7c8c9c%10c(c%11c%12c3c3c5c5c%13c6c6c7c7c9c9c%14c%10c%10c%11c%11c%12c%12c3c3c5c5c%13c%13c6c6c7c9c7c9c%14c%10c%10c%11c%11c%12c3c3c5c5c%13c6c7c6c9c%10c%11c3c56)C824)cc1. The van der Waals surface area contributed by atoms with Crippen LogP contribution < -0.4 is 10.2 Å². The van der Waals surface area contributed by atoms with Gasteiger partial charge in [-0.05, 0) is 364 Å². The summed E-state index contributed by atoms with van der Waals surface area (Å²) < 4.78 is 5.89. The molecule has 0 bridgehead atoms. The summed E-state index contributed by atoms with van der Waals surface area (Å²) in [6.45, 7) is 6.70. The van der Waals surface area contributed by atoms with Gasteiger partial charge >= 0.3 is 6.09 Å². The number of ether oxygens (including phenoxy) is 1. The van der Waals surface area contributed by atoms with Crippen molar-refractivity contribution in [2.75, 3.05) is 16.8 Å². The Labute approximate surface area is 457 Å². The Kier molecular flexibility index (Phi) is 3.27. The van der Waals surface area contributed by atoms with Gasteiger partial charge in [0.25, 0.3) is 0 Å². The van der Waals surface area contributed by atoms with Crippen LogP contribution in [0.25, 0.3) is 291 Å². The van der Waals surface area contributed by atoms with Gasteiger partial charge in [-0.15, -0.1) is 0 Å². The minimum absolute atomic E-state index is 0.0868. The summed E-state index contributed by atoms with van der Waals surface area (Å²) in [6.07, 6.45) is -0.417. The fourth-order valence-corrected chi connectivity index (χ4v) is 27.3. The van der Waals surface area contributed by atoms with E-state index in [0.717, 1.165) is 12.2 Å². The van der Waals surface area contributed by atoms with Crippen LogP contribution in [-0.4, -0.2) is 18.2 Å². The third-order valence-electron chi connectivity index (χ3n) is 27.7. The number of para-hydroxylation sites is 1. The highest BCUT2D eigenvalue weighted by Crippen LogP contribution is 2.87. The summed E-state index contributed by atoms with van der Waals surface area (Å²) in [4.78, 5) is 16.6. The first-order valence-corrected chi connectivity index (χ1v) is 30.6. The molecule has 1 fully saturated rings. The molecule has 360 valence electrons. The van der Waals surface area contributed by atoms with E-state index in [9.17, 15) is 4.79 Å². The van der Waals surface area contributed by atoms with Gasteiger partial charge in [0.15, 0.2) is 0 Å². The topological polar surface area (TPSA) is 41.6 Å². The summed E-state index contributed by atoms with van der Waals surface area (Å²) in [6, 6.07) is 20.8. The second-order valence-corrected chi connectivity index (χ2v) is 30.1. The number of amides is 1. The van der Waals surface area contributed by atoms with Crippen molar-refractivity contribution in [2.24, 2.45) is 0 Å². The quantitative estimate of drug-likeness (QED) is 0.179. The molecule has 4 heteroatoms. The number of carbonyl (C=O) groups excluding carboxylic acids is 1. The summed E-state index contributed by atoms with van der Waals surface area (Å²) in [5.74, 6) is 0. The Morgan fingerprint density at radius 2 is 0.614 bits per heavy atom. The van der Waals surface area contributed by atoms with Crippen LogP contribution in [-0.2, 0) is 15.6 Å². The van der Waals surface area contributed by atoms with Crippen LogP contribution in [0.15, 0.2) is 54.6 Å². The minimum Gasteiger partial charge on any atom is -0.444 e. The van der Waals surface area contributed by atoms with Gasteiger partial charge in [0, 0.05) is 17.9 Å². The van der Waals surface area contributed by atoms with E-state index in [4.69, 9.17) is 4.74 Å². The highest BCUT2D eigenvalue weighted by molar-refractivity contribution is 6.82. The molecule has 35 rings (SSSR count). The second-order valence-electron chi connectivity index (χ2n) is 30.1. The lowest BCUT2D eigenvalue weighted by Crippen LogP contribution is -2.51. The zero-order valence-corrected chi connectivity index (χ0v) is 43.7. The van der Waals surface area contributed by atoms with Crippen molar-refractivity contribution in [2.45, 2.75) is 43.2 Å². The summed E-state index contributed by atoms with van der Waals surface area (Å²) >= 11 is 0. The Balaban J connectivity index is 0.974. The number of benzene rings is 20. The lowest BCUT2D eigenvalue weighted by atomic mass is 9.47. The van der Waals surface area contributed by atoms with Crippen LogP contribution in [0.2, 0.25) is 0 Å². The van der Waals surface area contributed by atoms with Crippen molar-refractivity contribution < 1.29 is 9.53 Å². The first kappa shape index (κ1) is 33.7. The van der Waals surface area contributed by atoms with E-state index in [0.29, 0.717) is 0 Å². The Morgan fingerprint density at radius 1 is 0.361 bits per heavy atom. The van der Waals surface area contributed by atoms with Gasteiger partial charge in [-0.25, -0.2) is 4.79 Å². The van der Waals surface area contributed by atoms with Crippen LogP contribution in [0.3, 0.4) is 0 Å². The van der Waals surface area contributed by atoms with Crippen molar-refractivity contribution in [3.05, 3.63) is 82.4 Å². The van der Waals surface area contributed by atoms with Crippen LogP contribution in [0.4, 0.5) is 16.2 Å². The van der Waals surface area contributed by atoms with Crippen molar-refractivity contribution in [1.82, 2.24) is 0 Å². The molecule has 83 heavy (non-hydrogen) atoms. The van der Waals surface area contributed by atoms with Crippen LogP contribution >= 0.6 is 0 Å². The van der Waals surface area contributed by atoms with Crippen molar-refractivity contribution in [3.63, 3.8) is 0 Å². The first-order chi connectivity index (χ1) is 40.9. The van der Waals surface area contributed by atoms with Crippen LogP contribution in [0.5, 0.6) is 0 Å². The molecule has 30 aromatic carbocycles. The number of nitrogens with zero attached hydrogens (tertiary/aromatic N) is 1. The summed E-state index contributed by atoms with van der Waals surface area (Å²) in [5.41, 5.74) is 8.55. The maximum absolute atomic E-state index is 13.6. The number of hydrogen-bond acceptors (Lipinski definition) is 3. The predicted molar refractivity (Wildman–Crippen MR) is 347 cm³/mol. The molecule has 1 unspecified atom stereocenters. The van der Waals surface area contributed by atoms with Gasteiger partial charge in [0.2, 0.25) is 0 Å². The summed E-state index contributed by atoms with van der Waals surface area (Å²) in [7, 11) is 0. The summed E-state index contributed by atoms with van der Waals surface area (Å²) in [5, 5.41) is 90.8. The maximum atomic E-state index is 13.6. The van der Waals surface area contributed by atoms with Gasteiger partial charge in [0.1, 0.15) is 5.60 Å². The normalized spacial score (nSPS) is 21.9. The molecule has 1 aliphatic heterocycles. The number of rotatable bonds is 3. The lowest BCUT2D eigenvalue weighted by Gasteiger charge is -2.51. The molecule has 1 N–H and O–H groups in total. The molecule has 1 amide bonds. The average Bonchev–Trinajstić information content (AvgIpc) is 1.38. The first-order valence-electron chi connectivity index (χ1n) is 30.6. The molecule has 0 aromatic heterocycles. The molecule has 1 saturated heterocycles. The van der Waals surface area contributed by atoms with Gasteiger partial charge < -0.3 is 9.64 Å². The molecule has 4 nitrogen and oxygen atoms in total. The minimum atomic E-state index is -0.608. The monoisotopic (exact) mass is 1030 g/mol. The molecule has 0 saturated carbocycles. The van der Waals surface area contributed by atoms with Crippen LogP contribution in [0.1, 0.15) is 54.6 Å². The van der Waals surface area contributed by atoms with Gasteiger partial charge in [-0.2, -0.15) is 0 Å². The van der Waals surface area contributed by atoms with Gasteiger partial charge in [-0.1, -0.05) is 30.3 Å². The van der Waals surface area contributed by atoms with Gasteiger partial charge in [-0.3, -0.25) is 5.32 Å². The molecule has 0 radical (unpaired) electrons. The maximum Gasteiger partial charge on any atom is 0.412 e. The van der Waals surface area contributed by atoms with Crippen molar-refractivity contribution in [1.29, 1.82) is 0 Å². The molecule has 30 aromatic rings. The number of anilines is 2. The van der Waals surface area contributed by atoms with Crippen molar-refractivity contribution >= 4 is 308 Å². The predicted octanol–water partition coefficient (Wildman–Crippen LogP) is 20.9. The van der Waals surface area contributed by atoms with E-state index in [2.05, 4.69) is 64.8 Å². The van der Waals surface area contributed by atoms with E-state index in [-0.39, 0.29) is 6.04 Å². The zero-order valence-electron chi connectivity index (χ0n) is 43.7. The zero-order chi connectivity index (χ0) is 50.9. The van der Waals surface area contributed by atoms with E-state index >= 15 is 0 Å². The third kappa shape index (κ3) is 2.07. The average molecular weight is 1030 g/mol. The van der Waals surface area contributed by atoms with E-state index in [1.54, 1.807) is 313 Å². The molecule has 2 spiro atoms. The van der Waals surface area contributed by atoms with Crippen molar-refractivity contribution in [3.8, 4) is 0 Å². The molecule has 5 aliphatic rings. The fourth-order valence-electron chi connectivity index (χ4n) is 27.3. The van der Waals surface area contributed by atoms with Crippen LogP contribution in [0, 0.1) is 0 Å². The highest BCUT2D eigenvalue weighted by atomic mass is 16.6. The Hall–Kier alpha value is -10.0. The largest absolute Gasteiger partial charge is 0.444 e. The number of hydrogen-bond donors (Lipinski definition) is 1. The Bertz CT molecular complexity index is 7880. The molecule has 1 atom stereocenters. The molecular weight excluding hydrogens is 1010 g/mol. The standard InChI is InChI=1S/C79H22N2O2/c1-77(2,3)83-76(82)80-15-11-9-14(10-12-15)75-79-73-67-61-51-39-31-23-19-17-18-21-25(23)33(39)43-37-29(21)30-22(18)26-24-20(17)28-27(19)35-41(31)49-55-45(35)46-36(28)42-32(24)40-34(26)44-38(30)48-47(37)59(53(43)61)69(73)70-60(48)54(44)62-52(40)58-50(42)56(46)64-63(55)71(65(67)57(49)51)78(79,72(64)66(58)68(62)74(70)79)13-81(75)16-7-5-4-6-8-16/h4-12,75H,13H2,1-3H3,(H,80,82). The Morgan fingerprint density at radius 3 is 0.880 bits per heavy atom. The highest BCUT2D eigenvalue weighted by Gasteiger charge is 2.76. The third-order valence-corrected chi connectivity index (χ3v) is 27.7. The fraction of sp³-hybridized carbons (Fsp3) is 0.101. The van der Waals surface area contributed by atoms with E-state index in [1.165, 1.54) is 11.3 Å². The lowest BCUT2D eigenvalue weighted by molar-refractivity contribution is 0.0636. The molecule has 4 aliphatic carbocycles. The van der Waals surface area contributed by atoms with E-state index < -0.39 is 22.5 Å².